The van der Waals surface area contributed by atoms with E-state index < -0.39 is 0 Å². The number of aryl methyl sites for hydroxylation is 1. The zero-order chi connectivity index (χ0) is 12.5. The van der Waals surface area contributed by atoms with E-state index in [1.165, 1.54) is 6.07 Å². The largest absolute Gasteiger partial charge is 0.508 e. The van der Waals surface area contributed by atoms with Gasteiger partial charge in [-0.2, -0.15) is 5.10 Å². The Bertz CT molecular complexity index is 706. The first-order valence-corrected chi connectivity index (χ1v) is 5.50. The minimum Gasteiger partial charge on any atom is -0.508 e. The van der Waals surface area contributed by atoms with Gasteiger partial charge in [-0.1, -0.05) is 6.07 Å². The highest BCUT2D eigenvalue weighted by Gasteiger charge is 2.07. The van der Waals surface area contributed by atoms with E-state index in [0.717, 1.165) is 11.2 Å². The number of aromatic nitrogens is 3. The van der Waals surface area contributed by atoms with Gasteiger partial charge in [-0.3, -0.25) is 0 Å². The quantitative estimate of drug-likeness (QED) is 0.749. The Labute approximate surface area is 103 Å². The molecule has 0 radical (unpaired) electrons. The van der Waals surface area contributed by atoms with Crippen LogP contribution < -0.4 is 4.74 Å². The highest BCUT2D eigenvalue weighted by Crippen LogP contribution is 2.26. The van der Waals surface area contributed by atoms with Crippen molar-refractivity contribution in [3.05, 3.63) is 48.4 Å². The number of nitrogens with zero attached hydrogens (tertiary/aromatic N) is 3. The molecule has 0 fully saturated rings. The molecule has 1 N–H and O–H groups in total. The first-order valence-electron chi connectivity index (χ1n) is 5.50. The third-order valence-electron chi connectivity index (χ3n) is 2.51. The van der Waals surface area contributed by atoms with Crippen molar-refractivity contribution < 1.29 is 9.84 Å². The van der Waals surface area contributed by atoms with Crippen molar-refractivity contribution in [2.75, 3.05) is 0 Å². The SMILES string of the molecule is Cc1cc2c(Oc3cccc(O)c3)nccn2n1. The number of aromatic hydroxyl groups is 1. The molecule has 90 valence electrons. The van der Waals surface area contributed by atoms with Crippen molar-refractivity contribution in [2.24, 2.45) is 0 Å². The second kappa shape index (κ2) is 4.03. The van der Waals surface area contributed by atoms with E-state index in [2.05, 4.69) is 10.1 Å². The van der Waals surface area contributed by atoms with Crippen LogP contribution in [0.5, 0.6) is 17.4 Å². The van der Waals surface area contributed by atoms with Gasteiger partial charge < -0.3 is 9.84 Å². The van der Waals surface area contributed by atoms with Gasteiger partial charge in [-0.05, 0) is 25.1 Å². The fourth-order valence-corrected chi connectivity index (χ4v) is 1.76. The summed E-state index contributed by atoms with van der Waals surface area (Å²) in [7, 11) is 0. The number of hydrogen-bond acceptors (Lipinski definition) is 4. The highest BCUT2D eigenvalue weighted by atomic mass is 16.5. The van der Waals surface area contributed by atoms with Gasteiger partial charge in [0, 0.05) is 18.5 Å². The van der Waals surface area contributed by atoms with Crippen LogP contribution in [-0.2, 0) is 0 Å². The number of fused-ring (bicyclic) bond motifs is 1. The molecule has 0 saturated carbocycles. The van der Waals surface area contributed by atoms with E-state index in [4.69, 9.17) is 4.74 Å². The van der Waals surface area contributed by atoms with Crippen LogP contribution in [0.3, 0.4) is 0 Å². The summed E-state index contributed by atoms with van der Waals surface area (Å²) in [6.07, 6.45) is 3.38. The lowest BCUT2D eigenvalue weighted by atomic mass is 10.3. The standard InChI is InChI=1S/C13H11N3O2/c1-9-7-12-13(14-5-6-16(12)15-9)18-11-4-2-3-10(17)8-11/h2-8,17H,1H3. The summed E-state index contributed by atoms with van der Waals surface area (Å²) < 4.78 is 7.36. The van der Waals surface area contributed by atoms with Crippen LogP contribution in [-0.4, -0.2) is 19.7 Å². The molecule has 1 aromatic carbocycles. The average Bonchev–Trinajstić information content (AvgIpc) is 2.71. The van der Waals surface area contributed by atoms with Crippen molar-refractivity contribution in [3.8, 4) is 17.4 Å². The summed E-state index contributed by atoms with van der Waals surface area (Å²) in [5.74, 6) is 1.15. The van der Waals surface area contributed by atoms with E-state index in [-0.39, 0.29) is 5.75 Å². The summed E-state index contributed by atoms with van der Waals surface area (Å²) in [6.45, 7) is 1.91. The van der Waals surface area contributed by atoms with Gasteiger partial charge in [0.05, 0.1) is 5.69 Å². The maximum absolute atomic E-state index is 9.39. The van der Waals surface area contributed by atoms with Crippen LogP contribution in [0.15, 0.2) is 42.7 Å². The summed E-state index contributed by atoms with van der Waals surface area (Å²) in [6, 6.07) is 8.49. The molecule has 0 unspecified atom stereocenters. The Hall–Kier alpha value is -2.56. The molecule has 5 nitrogen and oxygen atoms in total. The smallest absolute Gasteiger partial charge is 0.245 e. The first-order chi connectivity index (χ1) is 8.72. The predicted molar refractivity (Wildman–Crippen MR) is 65.9 cm³/mol. The Morgan fingerprint density at radius 3 is 3.00 bits per heavy atom. The third-order valence-corrected chi connectivity index (χ3v) is 2.51. The molecule has 5 heteroatoms. The van der Waals surface area contributed by atoms with Gasteiger partial charge in [0.15, 0.2) is 0 Å². The molecule has 0 bridgehead atoms. The van der Waals surface area contributed by atoms with Crippen LogP contribution >= 0.6 is 0 Å². The lowest BCUT2D eigenvalue weighted by Crippen LogP contribution is -1.93. The van der Waals surface area contributed by atoms with Crippen molar-refractivity contribution >= 4 is 5.52 Å². The minimum absolute atomic E-state index is 0.157. The zero-order valence-corrected chi connectivity index (χ0v) is 9.74. The predicted octanol–water partition coefficient (Wildman–Crippen LogP) is 2.54. The van der Waals surface area contributed by atoms with Crippen LogP contribution in [0, 0.1) is 6.92 Å². The van der Waals surface area contributed by atoms with Crippen molar-refractivity contribution in [3.63, 3.8) is 0 Å². The zero-order valence-electron chi connectivity index (χ0n) is 9.74. The van der Waals surface area contributed by atoms with Crippen LogP contribution in [0.2, 0.25) is 0 Å². The maximum atomic E-state index is 9.39. The molecule has 0 aliphatic heterocycles. The number of phenols is 1. The fraction of sp³-hybridized carbons (Fsp3) is 0.0769. The van der Waals surface area contributed by atoms with Gasteiger partial charge in [0.2, 0.25) is 5.88 Å². The van der Waals surface area contributed by atoms with E-state index in [1.807, 2.05) is 13.0 Å². The van der Waals surface area contributed by atoms with Crippen molar-refractivity contribution in [1.29, 1.82) is 0 Å². The normalized spacial score (nSPS) is 10.7. The Morgan fingerprint density at radius 2 is 2.17 bits per heavy atom. The first kappa shape index (κ1) is 10.6. The fourth-order valence-electron chi connectivity index (χ4n) is 1.76. The summed E-state index contributed by atoms with van der Waals surface area (Å²) in [5, 5.41) is 13.7. The molecule has 0 spiro atoms. The molecule has 3 rings (SSSR count). The second-order valence-corrected chi connectivity index (χ2v) is 3.95. The molecule has 0 amide bonds. The van der Waals surface area contributed by atoms with Gasteiger partial charge in [0.1, 0.15) is 17.0 Å². The topological polar surface area (TPSA) is 59.7 Å². The van der Waals surface area contributed by atoms with Crippen molar-refractivity contribution in [1.82, 2.24) is 14.6 Å². The minimum atomic E-state index is 0.157. The van der Waals surface area contributed by atoms with Gasteiger partial charge in [-0.15, -0.1) is 0 Å². The monoisotopic (exact) mass is 241 g/mol. The van der Waals surface area contributed by atoms with E-state index >= 15 is 0 Å². The second-order valence-electron chi connectivity index (χ2n) is 3.95. The lowest BCUT2D eigenvalue weighted by Gasteiger charge is -2.05. The summed E-state index contributed by atoms with van der Waals surface area (Å²) in [4.78, 5) is 4.18. The number of hydrogen-bond donors (Lipinski definition) is 1. The third kappa shape index (κ3) is 1.86. The molecule has 0 aliphatic carbocycles. The molecule has 2 heterocycles. The summed E-state index contributed by atoms with van der Waals surface area (Å²) >= 11 is 0. The molecule has 3 aromatic rings. The Balaban J connectivity index is 2.04. The van der Waals surface area contributed by atoms with Crippen LogP contribution in [0.1, 0.15) is 5.69 Å². The van der Waals surface area contributed by atoms with E-state index in [0.29, 0.717) is 11.6 Å². The molecule has 18 heavy (non-hydrogen) atoms. The molecular weight excluding hydrogens is 230 g/mol. The number of benzene rings is 1. The maximum Gasteiger partial charge on any atom is 0.245 e. The Kier molecular flexibility index (Phi) is 2.37. The van der Waals surface area contributed by atoms with Gasteiger partial charge in [-0.25, -0.2) is 9.50 Å². The molecule has 0 atom stereocenters. The number of phenolic OH excluding ortho intramolecular Hbond substituents is 1. The van der Waals surface area contributed by atoms with Gasteiger partial charge >= 0.3 is 0 Å². The van der Waals surface area contributed by atoms with Crippen LogP contribution in [0.25, 0.3) is 5.52 Å². The molecule has 0 saturated heterocycles. The average molecular weight is 241 g/mol. The number of rotatable bonds is 2. The highest BCUT2D eigenvalue weighted by molar-refractivity contribution is 5.57. The molecule has 2 aromatic heterocycles. The van der Waals surface area contributed by atoms with Crippen LogP contribution in [0.4, 0.5) is 0 Å². The molecular formula is C13H11N3O2. The van der Waals surface area contributed by atoms with Crippen molar-refractivity contribution in [2.45, 2.75) is 6.92 Å². The molecule has 0 aliphatic rings. The summed E-state index contributed by atoms with van der Waals surface area (Å²) in [5.41, 5.74) is 1.68. The number of ether oxygens (including phenoxy) is 1. The van der Waals surface area contributed by atoms with E-state index in [1.54, 1.807) is 35.1 Å². The lowest BCUT2D eigenvalue weighted by molar-refractivity contribution is 0.447. The van der Waals surface area contributed by atoms with Gasteiger partial charge in [0.25, 0.3) is 0 Å². The van der Waals surface area contributed by atoms with E-state index in [9.17, 15) is 5.11 Å². The Morgan fingerprint density at radius 1 is 1.28 bits per heavy atom.